The summed E-state index contributed by atoms with van der Waals surface area (Å²) in [6, 6.07) is 1.27. The monoisotopic (exact) mass is 340 g/mol. The van der Waals surface area contributed by atoms with Crippen molar-refractivity contribution in [3.05, 3.63) is 0 Å². The predicted molar refractivity (Wildman–Crippen MR) is 90.0 cm³/mol. The van der Waals surface area contributed by atoms with Gasteiger partial charge in [-0.2, -0.15) is 0 Å². The first-order valence-corrected chi connectivity index (χ1v) is 9.72. The van der Waals surface area contributed by atoms with E-state index in [1.54, 1.807) is 0 Å². The van der Waals surface area contributed by atoms with Crippen molar-refractivity contribution in [2.24, 2.45) is 0 Å². The van der Waals surface area contributed by atoms with Crippen LogP contribution in [0.2, 0.25) is 0 Å². The number of hydrogen-bond donors (Lipinski definition) is 0. The zero-order valence-electron chi connectivity index (χ0n) is 14.9. The van der Waals surface area contributed by atoms with Gasteiger partial charge in [-0.25, -0.2) is 0 Å². The summed E-state index contributed by atoms with van der Waals surface area (Å²) in [6.45, 7) is 9.57. The topological polar surface area (TPSA) is 53.3 Å². The van der Waals surface area contributed by atoms with Crippen molar-refractivity contribution in [3.8, 4) is 0 Å². The van der Waals surface area contributed by atoms with Crippen molar-refractivity contribution in [3.63, 3.8) is 0 Å². The van der Waals surface area contributed by atoms with Crippen LogP contribution >= 0.6 is 0 Å². The van der Waals surface area contributed by atoms with Crippen molar-refractivity contribution >= 4 is 0 Å². The van der Waals surface area contributed by atoms with Crippen LogP contribution in [-0.2, 0) is 18.9 Å². The van der Waals surface area contributed by atoms with Crippen LogP contribution in [0.15, 0.2) is 0 Å². The fraction of sp³-hybridized carbons (Fsp3) is 1.00. The van der Waals surface area contributed by atoms with E-state index in [0.717, 1.165) is 52.8 Å². The highest BCUT2D eigenvalue weighted by molar-refractivity contribution is 4.91. The van der Waals surface area contributed by atoms with Gasteiger partial charge >= 0.3 is 0 Å². The van der Waals surface area contributed by atoms with Gasteiger partial charge in [-0.05, 0) is 26.2 Å². The highest BCUT2D eigenvalue weighted by Gasteiger charge is 2.38. The summed E-state index contributed by atoms with van der Waals surface area (Å²) in [4.78, 5) is 5.17. The molecule has 4 aliphatic rings. The molecular weight excluding hydrogens is 308 g/mol. The molecule has 3 saturated heterocycles. The molecule has 24 heavy (non-hydrogen) atoms. The molecule has 0 bridgehead atoms. The zero-order valence-corrected chi connectivity index (χ0v) is 14.9. The molecule has 0 radical (unpaired) electrons. The van der Waals surface area contributed by atoms with Gasteiger partial charge in [0.05, 0.1) is 44.9 Å². The number of hydrogen-bond acceptors (Lipinski definition) is 6. The fourth-order valence-electron chi connectivity index (χ4n) is 4.00. The van der Waals surface area contributed by atoms with Gasteiger partial charge in [0, 0.05) is 38.3 Å². The predicted octanol–water partition coefficient (Wildman–Crippen LogP) is 1.09. The standard InChI is InChI=1S/C18H32N2O4/c1-2-21-13-20(9-18-12-24-18)15-5-3-4-14(6-15)19(7-16-10-22-16)8-17-11-23-17/h14-18H,2-13H2,1H3. The van der Waals surface area contributed by atoms with Crippen molar-refractivity contribution in [1.29, 1.82) is 0 Å². The Bertz CT molecular complexity index is 384. The summed E-state index contributed by atoms with van der Waals surface area (Å²) >= 11 is 0. The summed E-state index contributed by atoms with van der Waals surface area (Å²) in [7, 11) is 0. The van der Waals surface area contributed by atoms with Crippen LogP contribution in [0, 0.1) is 0 Å². The van der Waals surface area contributed by atoms with Gasteiger partial charge < -0.3 is 18.9 Å². The second-order valence-electron chi connectivity index (χ2n) is 7.69. The summed E-state index contributed by atoms with van der Waals surface area (Å²) in [5, 5.41) is 0. The van der Waals surface area contributed by atoms with Gasteiger partial charge in [0.1, 0.15) is 0 Å². The van der Waals surface area contributed by atoms with Crippen LogP contribution in [0.4, 0.5) is 0 Å². The van der Waals surface area contributed by atoms with E-state index < -0.39 is 0 Å². The van der Waals surface area contributed by atoms with E-state index in [1.807, 2.05) is 0 Å². The summed E-state index contributed by atoms with van der Waals surface area (Å²) in [5.41, 5.74) is 0. The first-order chi connectivity index (χ1) is 11.8. The summed E-state index contributed by atoms with van der Waals surface area (Å²) in [6.07, 6.45) is 6.48. The van der Waals surface area contributed by atoms with Gasteiger partial charge in [-0.15, -0.1) is 0 Å². The van der Waals surface area contributed by atoms with Crippen LogP contribution < -0.4 is 0 Å². The molecule has 0 aromatic rings. The lowest BCUT2D eigenvalue weighted by atomic mass is 9.88. The molecule has 0 aromatic heterocycles. The molecule has 3 aliphatic heterocycles. The Kier molecular flexibility index (Phi) is 5.71. The lowest BCUT2D eigenvalue weighted by Gasteiger charge is -2.41. The minimum absolute atomic E-state index is 0.432. The number of ether oxygens (including phenoxy) is 4. The van der Waals surface area contributed by atoms with E-state index in [4.69, 9.17) is 18.9 Å². The molecule has 1 saturated carbocycles. The maximum Gasteiger partial charge on any atom is 0.0993 e. The third-order valence-electron chi connectivity index (χ3n) is 5.63. The minimum Gasteiger partial charge on any atom is -0.372 e. The average Bonchev–Trinajstić information content (AvgIpc) is 3.45. The van der Waals surface area contributed by atoms with E-state index in [2.05, 4.69) is 16.7 Å². The molecule has 4 fully saturated rings. The second kappa shape index (κ2) is 7.98. The molecule has 0 N–H and O–H groups in total. The highest BCUT2D eigenvalue weighted by atomic mass is 16.6. The van der Waals surface area contributed by atoms with E-state index in [-0.39, 0.29) is 0 Å². The SMILES string of the molecule is CCOCN(CC1CO1)C1CCCC(N(CC2CO2)CC2CO2)C1. The molecule has 6 heteroatoms. The lowest BCUT2D eigenvalue weighted by Crippen LogP contribution is -2.49. The largest absolute Gasteiger partial charge is 0.372 e. The van der Waals surface area contributed by atoms with E-state index in [0.29, 0.717) is 30.4 Å². The Labute approximate surface area is 145 Å². The van der Waals surface area contributed by atoms with Crippen LogP contribution in [0.1, 0.15) is 32.6 Å². The second-order valence-corrected chi connectivity index (χ2v) is 7.69. The Morgan fingerprint density at radius 1 is 0.833 bits per heavy atom. The molecule has 5 atom stereocenters. The van der Waals surface area contributed by atoms with Gasteiger partial charge in [0.2, 0.25) is 0 Å². The van der Waals surface area contributed by atoms with Gasteiger partial charge in [0.15, 0.2) is 0 Å². The van der Waals surface area contributed by atoms with Crippen LogP contribution in [0.25, 0.3) is 0 Å². The summed E-state index contributed by atoms with van der Waals surface area (Å²) in [5.74, 6) is 0. The Balaban J connectivity index is 1.34. The van der Waals surface area contributed by atoms with Crippen molar-refractivity contribution in [2.45, 2.75) is 63.0 Å². The molecule has 0 amide bonds. The zero-order chi connectivity index (χ0) is 16.4. The molecular formula is C18H32N2O4. The Morgan fingerprint density at radius 3 is 1.83 bits per heavy atom. The average molecular weight is 340 g/mol. The number of nitrogens with zero attached hydrogens (tertiary/aromatic N) is 2. The van der Waals surface area contributed by atoms with Crippen molar-refractivity contribution in [1.82, 2.24) is 9.80 Å². The lowest BCUT2D eigenvalue weighted by molar-refractivity contribution is -0.0155. The van der Waals surface area contributed by atoms with Gasteiger partial charge in [0.25, 0.3) is 0 Å². The molecule has 3 heterocycles. The Hall–Kier alpha value is -0.240. The minimum atomic E-state index is 0.432. The molecule has 138 valence electrons. The van der Waals surface area contributed by atoms with Crippen LogP contribution in [0.5, 0.6) is 0 Å². The first-order valence-electron chi connectivity index (χ1n) is 9.72. The van der Waals surface area contributed by atoms with Crippen LogP contribution in [-0.4, -0.2) is 93.0 Å². The fourth-order valence-corrected chi connectivity index (χ4v) is 4.00. The van der Waals surface area contributed by atoms with Crippen molar-refractivity contribution in [2.75, 3.05) is 52.8 Å². The van der Waals surface area contributed by atoms with Gasteiger partial charge in [-0.1, -0.05) is 6.42 Å². The smallest absolute Gasteiger partial charge is 0.0993 e. The first kappa shape index (κ1) is 17.2. The number of rotatable bonds is 11. The molecule has 5 unspecified atom stereocenters. The maximum absolute atomic E-state index is 5.74. The summed E-state index contributed by atoms with van der Waals surface area (Å²) < 4.78 is 22.2. The van der Waals surface area contributed by atoms with E-state index in [9.17, 15) is 0 Å². The van der Waals surface area contributed by atoms with Crippen LogP contribution in [0.3, 0.4) is 0 Å². The highest BCUT2D eigenvalue weighted by Crippen LogP contribution is 2.30. The third kappa shape index (κ3) is 5.13. The molecule has 0 aromatic carbocycles. The molecule has 1 aliphatic carbocycles. The van der Waals surface area contributed by atoms with E-state index >= 15 is 0 Å². The molecule has 4 rings (SSSR count). The molecule has 6 nitrogen and oxygen atoms in total. The third-order valence-corrected chi connectivity index (χ3v) is 5.63. The van der Waals surface area contributed by atoms with Crippen molar-refractivity contribution < 1.29 is 18.9 Å². The normalized spacial score (nSPS) is 37.9. The maximum atomic E-state index is 5.74. The quantitative estimate of drug-likeness (QED) is 0.415. The van der Waals surface area contributed by atoms with Gasteiger partial charge in [-0.3, -0.25) is 9.80 Å². The Morgan fingerprint density at radius 2 is 1.33 bits per heavy atom. The molecule has 0 spiro atoms. The number of epoxide rings is 3. The van der Waals surface area contributed by atoms with E-state index in [1.165, 1.54) is 25.7 Å².